The minimum atomic E-state index is -0.133. The number of aromatic nitrogens is 3. The molecule has 1 amide bonds. The lowest BCUT2D eigenvalue weighted by molar-refractivity contribution is 0.102. The highest BCUT2D eigenvalue weighted by atomic mass is 32.1. The Morgan fingerprint density at radius 2 is 2.22 bits per heavy atom. The number of aromatic amines is 1. The van der Waals surface area contributed by atoms with E-state index >= 15 is 0 Å². The maximum Gasteiger partial charge on any atom is 0.261 e. The van der Waals surface area contributed by atoms with Crippen molar-refractivity contribution in [2.24, 2.45) is 0 Å². The highest BCUT2D eigenvalue weighted by Gasteiger charge is 2.20. The van der Waals surface area contributed by atoms with Gasteiger partial charge in [-0.1, -0.05) is 0 Å². The van der Waals surface area contributed by atoms with E-state index < -0.39 is 0 Å². The molecule has 3 rings (SSSR count). The number of rotatable bonds is 2. The predicted molar refractivity (Wildman–Crippen MR) is 70.2 cm³/mol. The van der Waals surface area contributed by atoms with Gasteiger partial charge in [0.1, 0.15) is 0 Å². The Labute approximate surface area is 109 Å². The number of hydrogen-bond acceptors (Lipinski definition) is 4. The summed E-state index contributed by atoms with van der Waals surface area (Å²) in [7, 11) is 0. The molecule has 0 unspecified atom stereocenters. The van der Waals surface area contributed by atoms with Gasteiger partial charge in [0, 0.05) is 10.6 Å². The van der Waals surface area contributed by atoms with Crippen molar-refractivity contribution in [2.45, 2.75) is 33.1 Å². The summed E-state index contributed by atoms with van der Waals surface area (Å²) in [6.45, 7) is 3.66. The lowest BCUT2D eigenvalue weighted by Crippen LogP contribution is -2.13. The fourth-order valence-electron chi connectivity index (χ4n) is 2.29. The molecule has 0 saturated carbocycles. The third-order valence-corrected chi connectivity index (χ3v) is 4.24. The van der Waals surface area contributed by atoms with E-state index in [0.717, 1.165) is 24.2 Å². The molecule has 0 bridgehead atoms. The van der Waals surface area contributed by atoms with Crippen molar-refractivity contribution in [3.8, 4) is 0 Å². The molecule has 18 heavy (non-hydrogen) atoms. The van der Waals surface area contributed by atoms with E-state index in [-0.39, 0.29) is 5.91 Å². The largest absolute Gasteiger partial charge is 0.298 e. The summed E-state index contributed by atoms with van der Waals surface area (Å²) < 4.78 is 0. The first-order valence-electron chi connectivity index (χ1n) is 5.96. The summed E-state index contributed by atoms with van der Waals surface area (Å²) in [6.07, 6.45) is 3.31. The zero-order valence-electron chi connectivity index (χ0n) is 10.3. The Hall–Kier alpha value is -1.69. The van der Waals surface area contributed by atoms with Crippen LogP contribution < -0.4 is 5.32 Å². The molecule has 0 fully saturated rings. The van der Waals surface area contributed by atoms with Crippen molar-refractivity contribution < 1.29 is 4.79 Å². The Morgan fingerprint density at radius 1 is 1.39 bits per heavy atom. The van der Waals surface area contributed by atoms with Gasteiger partial charge in [-0.15, -0.1) is 11.3 Å². The molecule has 2 aromatic rings. The Morgan fingerprint density at radius 3 is 2.89 bits per heavy atom. The number of thiazole rings is 1. The van der Waals surface area contributed by atoms with Crippen molar-refractivity contribution in [2.75, 3.05) is 5.32 Å². The molecule has 94 valence electrons. The molecule has 0 saturated heterocycles. The molecule has 5 nitrogen and oxygen atoms in total. The van der Waals surface area contributed by atoms with Crippen LogP contribution in [0.5, 0.6) is 0 Å². The van der Waals surface area contributed by atoms with Gasteiger partial charge >= 0.3 is 0 Å². The summed E-state index contributed by atoms with van der Waals surface area (Å²) in [5, 5.41) is 10.4. The van der Waals surface area contributed by atoms with Crippen LogP contribution in [0.2, 0.25) is 0 Å². The molecular formula is C12H14N4OS. The highest BCUT2D eigenvalue weighted by molar-refractivity contribution is 7.16. The molecule has 6 heteroatoms. The van der Waals surface area contributed by atoms with Gasteiger partial charge < -0.3 is 0 Å². The number of anilines is 1. The second-order valence-electron chi connectivity index (χ2n) is 4.51. The molecule has 2 heterocycles. The fraction of sp³-hybridized carbons (Fsp3) is 0.417. The van der Waals surface area contributed by atoms with E-state index in [0.29, 0.717) is 16.4 Å². The van der Waals surface area contributed by atoms with Gasteiger partial charge in [0.15, 0.2) is 5.13 Å². The third kappa shape index (κ3) is 1.82. The van der Waals surface area contributed by atoms with Gasteiger partial charge in [-0.2, -0.15) is 5.10 Å². The van der Waals surface area contributed by atoms with Crippen LogP contribution in [0.4, 0.5) is 5.13 Å². The van der Waals surface area contributed by atoms with Gasteiger partial charge in [-0.3, -0.25) is 15.2 Å². The van der Waals surface area contributed by atoms with Crippen molar-refractivity contribution >= 4 is 22.4 Å². The number of aryl methyl sites for hydroxylation is 4. The SMILES string of the molecule is Cc1n[nH]c(C)c1C(=O)Nc1nc2c(s1)CCC2. The average molecular weight is 262 g/mol. The van der Waals surface area contributed by atoms with Crippen molar-refractivity contribution in [1.82, 2.24) is 15.2 Å². The van der Waals surface area contributed by atoms with Gasteiger partial charge in [-0.05, 0) is 33.1 Å². The van der Waals surface area contributed by atoms with Crippen LogP contribution in [0, 0.1) is 13.8 Å². The normalized spacial score (nSPS) is 13.7. The third-order valence-electron chi connectivity index (χ3n) is 3.17. The molecular weight excluding hydrogens is 248 g/mol. The number of hydrogen-bond donors (Lipinski definition) is 2. The predicted octanol–water partition coefficient (Wildman–Crippen LogP) is 2.22. The zero-order valence-corrected chi connectivity index (χ0v) is 11.1. The molecule has 0 radical (unpaired) electrons. The topological polar surface area (TPSA) is 70.7 Å². The summed E-state index contributed by atoms with van der Waals surface area (Å²) in [5.74, 6) is -0.133. The second-order valence-corrected chi connectivity index (χ2v) is 5.59. The fourth-order valence-corrected chi connectivity index (χ4v) is 3.33. The van der Waals surface area contributed by atoms with Crippen LogP contribution >= 0.6 is 11.3 Å². The first-order chi connectivity index (χ1) is 8.65. The number of fused-ring (bicyclic) bond motifs is 1. The number of nitrogens with one attached hydrogen (secondary N) is 2. The average Bonchev–Trinajstić information content (AvgIpc) is 2.93. The lowest BCUT2D eigenvalue weighted by atomic mass is 10.2. The van der Waals surface area contributed by atoms with Gasteiger partial charge in [0.05, 0.1) is 17.0 Å². The first-order valence-corrected chi connectivity index (χ1v) is 6.78. The summed E-state index contributed by atoms with van der Waals surface area (Å²) in [4.78, 5) is 17.9. The van der Waals surface area contributed by atoms with Crippen molar-refractivity contribution in [3.63, 3.8) is 0 Å². The highest BCUT2D eigenvalue weighted by Crippen LogP contribution is 2.30. The Balaban J connectivity index is 1.82. The standard InChI is InChI=1S/C12H14N4OS/c1-6-10(7(2)16-15-6)11(17)14-12-13-8-4-3-5-9(8)18-12/h3-5H2,1-2H3,(H,15,16)(H,13,14,17). The van der Waals surface area contributed by atoms with Crippen LogP contribution in [0.25, 0.3) is 0 Å². The van der Waals surface area contributed by atoms with Gasteiger partial charge in [-0.25, -0.2) is 4.98 Å². The number of amides is 1. The van der Waals surface area contributed by atoms with Crippen LogP contribution in [0.1, 0.15) is 38.7 Å². The van der Waals surface area contributed by atoms with Gasteiger partial charge in [0.2, 0.25) is 0 Å². The maximum atomic E-state index is 12.1. The minimum Gasteiger partial charge on any atom is -0.298 e. The van der Waals surface area contributed by atoms with Crippen molar-refractivity contribution in [1.29, 1.82) is 0 Å². The molecule has 1 aliphatic rings. The Bertz CT molecular complexity index is 573. The van der Waals surface area contributed by atoms with E-state index in [1.807, 2.05) is 13.8 Å². The van der Waals surface area contributed by atoms with E-state index in [4.69, 9.17) is 0 Å². The van der Waals surface area contributed by atoms with Crippen LogP contribution in [-0.4, -0.2) is 21.1 Å². The lowest BCUT2D eigenvalue weighted by Gasteiger charge is -2.01. The molecule has 0 aromatic carbocycles. The molecule has 0 atom stereocenters. The quantitative estimate of drug-likeness (QED) is 0.871. The zero-order chi connectivity index (χ0) is 12.7. The van der Waals surface area contributed by atoms with Crippen LogP contribution in [0.15, 0.2) is 0 Å². The van der Waals surface area contributed by atoms with Crippen LogP contribution in [0.3, 0.4) is 0 Å². The molecule has 2 N–H and O–H groups in total. The monoisotopic (exact) mass is 262 g/mol. The van der Waals surface area contributed by atoms with E-state index in [2.05, 4.69) is 20.5 Å². The molecule has 1 aliphatic carbocycles. The molecule has 0 aliphatic heterocycles. The van der Waals surface area contributed by atoms with Crippen molar-refractivity contribution in [3.05, 3.63) is 27.5 Å². The second kappa shape index (κ2) is 4.20. The molecule has 0 spiro atoms. The number of nitrogens with zero attached hydrogens (tertiary/aromatic N) is 2. The smallest absolute Gasteiger partial charge is 0.261 e. The summed E-state index contributed by atoms with van der Waals surface area (Å²) in [5.41, 5.74) is 3.27. The summed E-state index contributed by atoms with van der Waals surface area (Å²) in [6, 6.07) is 0. The minimum absolute atomic E-state index is 0.133. The summed E-state index contributed by atoms with van der Waals surface area (Å²) >= 11 is 1.59. The number of H-pyrrole nitrogens is 1. The number of carbonyl (C=O) groups is 1. The number of carbonyl (C=O) groups excluding carboxylic acids is 1. The Kier molecular flexibility index (Phi) is 2.66. The van der Waals surface area contributed by atoms with E-state index in [9.17, 15) is 4.79 Å². The first kappa shape index (κ1) is 11.4. The van der Waals surface area contributed by atoms with Crippen LogP contribution in [-0.2, 0) is 12.8 Å². The van der Waals surface area contributed by atoms with E-state index in [1.54, 1.807) is 11.3 Å². The van der Waals surface area contributed by atoms with Gasteiger partial charge in [0.25, 0.3) is 5.91 Å². The molecule has 2 aromatic heterocycles. The van der Waals surface area contributed by atoms with E-state index in [1.165, 1.54) is 11.3 Å². The maximum absolute atomic E-state index is 12.1.